The van der Waals surface area contributed by atoms with Gasteiger partial charge in [-0.15, -0.1) is 0 Å². The molecule has 0 atom stereocenters. The molecule has 6 nitrogen and oxygen atoms in total. The van der Waals surface area contributed by atoms with Crippen LogP contribution in [0.1, 0.15) is 19.8 Å². The van der Waals surface area contributed by atoms with Gasteiger partial charge in [0.05, 0.1) is 18.1 Å². The maximum Gasteiger partial charge on any atom is 0.356 e. The van der Waals surface area contributed by atoms with Crippen molar-refractivity contribution >= 4 is 21.5 Å². The van der Waals surface area contributed by atoms with Gasteiger partial charge < -0.3 is 9.57 Å². The molecule has 1 heterocycles. The lowest BCUT2D eigenvalue weighted by molar-refractivity contribution is -0.135. The van der Waals surface area contributed by atoms with Gasteiger partial charge in [0.15, 0.2) is 5.71 Å². The van der Waals surface area contributed by atoms with Crippen molar-refractivity contribution in [3.05, 3.63) is 0 Å². The molecule has 0 amide bonds. The molecule has 0 unspecified atom stereocenters. The fourth-order valence-corrected chi connectivity index (χ4v) is 3.24. The number of sulfone groups is 1. The highest BCUT2D eigenvalue weighted by Gasteiger charge is 2.31. The first-order valence-corrected chi connectivity index (χ1v) is 7.31. The van der Waals surface area contributed by atoms with Crippen molar-refractivity contribution in [3.8, 4) is 0 Å². The summed E-state index contributed by atoms with van der Waals surface area (Å²) in [6.45, 7) is 1.96. The summed E-state index contributed by atoms with van der Waals surface area (Å²) in [6.07, 6.45) is 0.784. The number of esters is 1. The lowest BCUT2D eigenvalue weighted by Gasteiger charge is -2.21. The smallest absolute Gasteiger partial charge is 0.356 e. The number of hydrogen-bond acceptors (Lipinski definition) is 6. The first-order valence-electron chi connectivity index (χ1n) is 5.48. The van der Waals surface area contributed by atoms with Crippen LogP contribution in [-0.2, 0) is 24.2 Å². The molecule has 0 spiro atoms. The van der Waals surface area contributed by atoms with E-state index in [0.717, 1.165) is 0 Å². The second kappa shape index (κ2) is 6.00. The van der Waals surface area contributed by atoms with E-state index in [1.165, 1.54) is 7.11 Å². The van der Waals surface area contributed by atoms with Gasteiger partial charge in [-0.05, 0) is 19.8 Å². The molecule has 1 aliphatic heterocycles. The third-order valence-corrected chi connectivity index (χ3v) is 4.33. The number of hydrogen-bond donors (Lipinski definition) is 0. The molecule has 1 fully saturated rings. The van der Waals surface area contributed by atoms with Crippen LogP contribution in [0.25, 0.3) is 0 Å². The fourth-order valence-electron chi connectivity index (χ4n) is 1.75. The Balaban J connectivity index is 2.74. The third kappa shape index (κ3) is 3.99. The van der Waals surface area contributed by atoms with Gasteiger partial charge in [-0.2, -0.15) is 0 Å². The van der Waals surface area contributed by atoms with E-state index in [2.05, 4.69) is 9.99 Å². The molecule has 1 rings (SSSR count). The van der Waals surface area contributed by atoms with Crippen LogP contribution in [0.4, 0.5) is 0 Å². The molecule has 7 heteroatoms. The van der Waals surface area contributed by atoms with Crippen LogP contribution in [0.15, 0.2) is 5.16 Å². The van der Waals surface area contributed by atoms with Crippen LogP contribution in [-0.4, -0.2) is 45.3 Å². The zero-order valence-corrected chi connectivity index (χ0v) is 10.8. The third-order valence-electron chi connectivity index (χ3n) is 2.62. The quantitative estimate of drug-likeness (QED) is 0.416. The van der Waals surface area contributed by atoms with E-state index in [4.69, 9.17) is 4.74 Å². The molecule has 0 aromatic rings. The highest BCUT2D eigenvalue weighted by Crippen LogP contribution is 2.21. The summed E-state index contributed by atoms with van der Waals surface area (Å²) < 4.78 is 27.4. The number of carbonyl (C=O) groups is 1. The number of rotatable bonds is 4. The minimum Gasteiger partial charge on any atom is -0.461 e. The van der Waals surface area contributed by atoms with Gasteiger partial charge in [-0.25, -0.2) is 13.2 Å². The molecule has 98 valence electrons. The molecule has 0 aliphatic carbocycles. The molecular weight excluding hydrogens is 246 g/mol. The largest absolute Gasteiger partial charge is 0.461 e. The highest BCUT2D eigenvalue weighted by molar-refractivity contribution is 7.91. The fraction of sp³-hybridized carbons (Fsp3) is 0.800. The van der Waals surface area contributed by atoms with Crippen LogP contribution in [0.3, 0.4) is 0 Å². The average molecular weight is 263 g/mol. The van der Waals surface area contributed by atoms with Crippen LogP contribution < -0.4 is 0 Å². The summed E-state index contributed by atoms with van der Waals surface area (Å²) in [4.78, 5) is 16.2. The molecule has 0 N–H and O–H groups in total. The van der Waals surface area contributed by atoms with Gasteiger partial charge in [0, 0.05) is 5.92 Å². The molecule has 0 radical (unpaired) electrons. The lowest BCUT2D eigenvalue weighted by Crippen LogP contribution is -2.33. The highest BCUT2D eigenvalue weighted by atomic mass is 32.2. The maximum absolute atomic E-state index is 11.6. The predicted molar refractivity (Wildman–Crippen MR) is 62.5 cm³/mol. The molecule has 1 saturated heterocycles. The average Bonchev–Trinajstić information content (AvgIpc) is 2.27. The van der Waals surface area contributed by atoms with Crippen molar-refractivity contribution in [1.82, 2.24) is 0 Å². The minimum atomic E-state index is -2.95. The van der Waals surface area contributed by atoms with Crippen LogP contribution in [0.5, 0.6) is 0 Å². The van der Waals surface area contributed by atoms with E-state index < -0.39 is 15.8 Å². The summed E-state index contributed by atoms with van der Waals surface area (Å²) in [6, 6.07) is 0. The van der Waals surface area contributed by atoms with E-state index >= 15 is 0 Å². The van der Waals surface area contributed by atoms with Crippen molar-refractivity contribution in [3.63, 3.8) is 0 Å². The second-order valence-electron chi connectivity index (χ2n) is 3.81. The van der Waals surface area contributed by atoms with Gasteiger partial charge in [0.1, 0.15) is 16.9 Å². The van der Waals surface area contributed by atoms with Gasteiger partial charge in [0.25, 0.3) is 0 Å². The zero-order valence-electron chi connectivity index (χ0n) is 10.0. The molecule has 17 heavy (non-hydrogen) atoms. The number of ether oxygens (including phenoxy) is 1. The first-order chi connectivity index (χ1) is 8.00. The normalized spacial score (nSPS) is 20.9. The maximum atomic E-state index is 11.6. The first kappa shape index (κ1) is 14.0. The Hall–Kier alpha value is -1.11. The van der Waals surface area contributed by atoms with Crippen molar-refractivity contribution < 1.29 is 22.8 Å². The Morgan fingerprint density at radius 1 is 1.35 bits per heavy atom. The molecular formula is C10H17NO5S. The van der Waals surface area contributed by atoms with Crippen molar-refractivity contribution in [2.24, 2.45) is 11.1 Å². The van der Waals surface area contributed by atoms with E-state index in [-0.39, 0.29) is 29.7 Å². The van der Waals surface area contributed by atoms with E-state index in [9.17, 15) is 13.2 Å². The summed E-state index contributed by atoms with van der Waals surface area (Å²) in [7, 11) is -1.60. The Morgan fingerprint density at radius 3 is 2.41 bits per heavy atom. The second-order valence-corrected chi connectivity index (χ2v) is 6.11. The van der Waals surface area contributed by atoms with Gasteiger partial charge in [-0.1, -0.05) is 5.16 Å². The van der Waals surface area contributed by atoms with E-state index in [0.29, 0.717) is 12.8 Å². The Morgan fingerprint density at radius 2 is 1.94 bits per heavy atom. The van der Waals surface area contributed by atoms with Crippen LogP contribution in [0, 0.1) is 5.92 Å². The van der Waals surface area contributed by atoms with Crippen LogP contribution >= 0.6 is 0 Å². The molecule has 1 aliphatic rings. The van der Waals surface area contributed by atoms with Crippen LogP contribution in [0.2, 0.25) is 0 Å². The Bertz CT molecular complexity index is 387. The predicted octanol–water partition coefficient (Wildman–Crippen LogP) is 0.377. The summed E-state index contributed by atoms with van der Waals surface area (Å²) in [5.41, 5.74) is 0.184. The van der Waals surface area contributed by atoms with Crippen molar-refractivity contribution in [2.75, 3.05) is 25.2 Å². The summed E-state index contributed by atoms with van der Waals surface area (Å²) in [5, 5.41) is 3.66. The lowest BCUT2D eigenvalue weighted by atomic mass is 9.97. The van der Waals surface area contributed by atoms with Gasteiger partial charge in [0.2, 0.25) is 0 Å². The zero-order chi connectivity index (χ0) is 12.9. The Labute approximate surface area is 101 Å². The SMILES string of the molecule is CCOC(=O)C(=NOC)C1CCS(=O)(=O)CC1. The summed E-state index contributed by atoms with van der Waals surface area (Å²) in [5.74, 6) is -0.559. The molecule has 0 saturated carbocycles. The monoisotopic (exact) mass is 263 g/mol. The van der Waals surface area contributed by atoms with Gasteiger partial charge >= 0.3 is 5.97 Å². The van der Waals surface area contributed by atoms with Gasteiger partial charge in [-0.3, -0.25) is 0 Å². The number of nitrogens with zero attached hydrogens (tertiary/aromatic N) is 1. The van der Waals surface area contributed by atoms with Crippen molar-refractivity contribution in [1.29, 1.82) is 0 Å². The summed E-state index contributed by atoms with van der Waals surface area (Å²) >= 11 is 0. The Kier molecular flexibility index (Phi) is 4.92. The van der Waals surface area contributed by atoms with E-state index in [1.807, 2.05) is 0 Å². The molecule has 0 aromatic heterocycles. The number of oxime groups is 1. The molecule has 0 aromatic carbocycles. The standard InChI is InChI=1S/C10H17NO5S/c1-3-16-10(12)9(11-15-2)8-4-6-17(13,14)7-5-8/h8H,3-7H2,1-2H3. The topological polar surface area (TPSA) is 82.0 Å². The minimum absolute atomic E-state index is 0.0831. The van der Waals surface area contributed by atoms with Crippen molar-refractivity contribution in [2.45, 2.75) is 19.8 Å². The number of carbonyl (C=O) groups excluding carboxylic acids is 1. The molecule has 0 bridgehead atoms. The van der Waals surface area contributed by atoms with E-state index in [1.54, 1.807) is 6.92 Å².